The molecule has 1 aliphatic heterocycles. The quantitative estimate of drug-likeness (QED) is 0.746. The molecule has 0 aromatic heterocycles. The van der Waals surface area contributed by atoms with Crippen LogP contribution in [0.3, 0.4) is 0 Å². The highest BCUT2D eigenvalue weighted by atomic mass is 16.2. The molecule has 6 heteroatoms. The van der Waals surface area contributed by atoms with E-state index >= 15 is 0 Å². The number of hydrogen-bond donors (Lipinski definition) is 2. The Hall–Kier alpha value is -1.14. The van der Waals surface area contributed by atoms with E-state index < -0.39 is 0 Å². The molecule has 6 nitrogen and oxygen atoms in total. The molecular weight excluding hydrogens is 328 g/mol. The van der Waals surface area contributed by atoms with Crippen LogP contribution in [0.5, 0.6) is 0 Å². The zero-order chi connectivity index (χ0) is 18.4. The van der Waals surface area contributed by atoms with Gasteiger partial charge >= 0.3 is 0 Å². The average molecular weight is 365 g/mol. The lowest BCUT2D eigenvalue weighted by Crippen LogP contribution is -2.51. The van der Waals surface area contributed by atoms with E-state index in [1.165, 1.54) is 19.3 Å². The van der Waals surface area contributed by atoms with E-state index in [1.807, 2.05) is 0 Å². The molecule has 0 unspecified atom stereocenters. The first-order valence-corrected chi connectivity index (χ1v) is 10.7. The van der Waals surface area contributed by atoms with E-state index in [1.54, 1.807) is 0 Å². The zero-order valence-corrected chi connectivity index (χ0v) is 16.1. The Balaban J connectivity index is 1.29. The summed E-state index contributed by atoms with van der Waals surface area (Å²) in [5.74, 6) is 1.16. The summed E-state index contributed by atoms with van der Waals surface area (Å²) >= 11 is 0. The second-order valence-corrected chi connectivity index (χ2v) is 8.41. The normalized spacial score (nSPS) is 28.3. The van der Waals surface area contributed by atoms with Gasteiger partial charge in [0.1, 0.15) is 0 Å². The number of nitrogens with zero attached hydrogens (tertiary/aromatic N) is 2. The Morgan fingerprint density at radius 3 is 2.31 bits per heavy atom. The van der Waals surface area contributed by atoms with Gasteiger partial charge in [0.25, 0.3) is 0 Å². The lowest BCUT2D eigenvalue weighted by molar-refractivity contribution is -0.138. The highest BCUT2D eigenvalue weighted by molar-refractivity contribution is 5.79. The molecule has 0 aromatic carbocycles. The third kappa shape index (κ3) is 5.43. The summed E-state index contributed by atoms with van der Waals surface area (Å²) in [7, 11) is 0. The molecule has 2 saturated carbocycles. The molecule has 0 bridgehead atoms. The first-order valence-electron chi connectivity index (χ1n) is 10.7. The summed E-state index contributed by atoms with van der Waals surface area (Å²) in [6, 6.07) is 0.204. The van der Waals surface area contributed by atoms with Crippen molar-refractivity contribution in [1.29, 1.82) is 0 Å². The minimum Gasteiger partial charge on any atom is -0.355 e. The summed E-state index contributed by atoms with van der Waals surface area (Å²) < 4.78 is 0. The molecule has 3 fully saturated rings. The van der Waals surface area contributed by atoms with E-state index in [2.05, 4.69) is 15.1 Å². The Kier molecular flexibility index (Phi) is 7.32. The van der Waals surface area contributed by atoms with Crippen molar-refractivity contribution in [3.05, 3.63) is 0 Å². The largest absolute Gasteiger partial charge is 0.355 e. The van der Waals surface area contributed by atoms with Gasteiger partial charge in [0.05, 0.1) is 0 Å². The highest BCUT2D eigenvalue weighted by Gasteiger charge is 2.28. The molecule has 1 saturated heterocycles. The second kappa shape index (κ2) is 9.70. The van der Waals surface area contributed by atoms with E-state index in [0.29, 0.717) is 24.8 Å². The molecule has 3 aliphatic rings. The van der Waals surface area contributed by atoms with Crippen molar-refractivity contribution >= 4 is 11.8 Å². The average Bonchev–Trinajstić information content (AvgIpc) is 3.07. The van der Waals surface area contributed by atoms with Gasteiger partial charge < -0.3 is 16.0 Å². The standard InChI is InChI=1S/C20H36N4O2/c21-18-8-4-7-17(18)15-19(25)22-9-10-23-11-13-24(14-12-23)20(26)16-5-2-1-3-6-16/h16-18H,1-15,21H2,(H,22,25)/t17-,18+/m0/s1. The van der Waals surface area contributed by atoms with Crippen molar-refractivity contribution in [1.82, 2.24) is 15.1 Å². The summed E-state index contributed by atoms with van der Waals surface area (Å²) in [5.41, 5.74) is 6.04. The number of carbonyl (C=O) groups excluding carboxylic acids is 2. The minimum atomic E-state index is 0.137. The van der Waals surface area contributed by atoms with Gasteiger partial charge in [-0.25, -0.2) is 0 Å². The fourth-order valence-electron chi connectivity index (χ4n) is 4.78. The van der Waals surface area contributed by atoms with Gasteiger partial charge in [-0.1, -0.05) is 25.7 Å². The van der Waals surface area contributed by atoms with Gasteiger partial charge in [-0.15, -0.1) is 0 Å². The van der Waals surface area contributed by atoms with Crippen LogP contribution in [0.1, 0.15) is 57.8 Å². The van der Waals surface area contributed by atoms with Crippen LogP contribution in [0.15, 0.2) is 0 Å². The zero-order valence-electron chi connectivity index (χ0n) is 16.1. The molecule has 1 heterocycles. The van der Waals surface area contributed by atoms with Crippen molar-refractivity contribution in [2.75, 3.05) is 39.3 Å². The molecule has 2 amide bonds. The Morgan fingerprint density at radius 1 is 0.923 bits per heavy atom. The highest BCUT2D eigenvalue weighted by Crippen LogP contribution is 2.27. The van der Waals surface area contributed by atoms with Crippen LogP contribution in [0.4, 0.5) is 0 Å². The van der Waals surface area contributed by atoms with Gasteiger partial charge in [0, 0.05) is 57.6 Å². The maximum atomic E-state index is 12.6. The number of nitrogens with two attached hydrogens (primary N) is 1. The maximum Gasteiger partial charge on any atom is 0.225 e. The summed E-state index contributed by atoms with van der Waals surface area (Å²) in [6.45, 7) is 5.06. The lowest BCUT2D eigenvalue weighted by Gasteiger charge is -2.37. The monoisotopic (exact) mass is 364 g/mol. The van der Waals surface area contributed by atoms with Crippen LogP contribution in [0.25, 0.3) is 0 Å². The number of nitrogens with one attached hydrogen (secondary N) is 1. The van der Waals surface area contributed by atoms with E-state index in [-0.39, 0.29) is 17.9 Å². The molecule has 3 N–H and O–H groups in total. The number of hydrogen-bond acceptors (Lipinski definition) is 4. The molecule has 0 spiro atoms. The van der Waals surface area contributed by atoms with Crippen LogP contribution >= 0.6 is 0 Å². The molecule has 3 rings (SSSR count). The first kappa shape index (κ1) is 19.6. The van der Waals surface area contributed by atoms with E-state index in [0.717, 1.165) is 64.8 Å². The molecule has 0 radical (unpaired) electrons. The van der Waals surface area contributed by atoms with Gasteiger partial charge in [-0.3, -0.25) is 14.5 Å². The summed E-state index contributed by atoms with van der Waals surface area (Å²) in [5, 5.41) is 3.05. The lowest BCUT2D eigenvalue weighted by atomic mass is 9.88. The number of rotatable bonds is 6. The molecular formula is C20H36N4O2. The summed E-state index contributed by atoms with van der Waals surface area (Å²) in [4.78, 5) is 29.1. The summed E-state index contributed by atoms with van der Waals surface area (Å²) in [6.07, 6.45) is 9.74. The molecule has 2 aliphatic carbocycles. The SMILES string of the molecule is N[C@@H]1CCC[C@H]1CC(=O)NCCN1CCN(C(=O)C2CCCCC2)CC1. The van der Waals surface area contributed by atoms with E-state index in [4.69, 9.17) is 5.73 Å². The van der Waals surface area contributed by atoms with Crippen molar-refractivity contribution in [3.8, 4) is 0 Å². The van der Waals surface area contributed by atoms with Crippen LogP contribution in [-0.4, -0.2) is 66.9 Å². The van der Waals surface area contributed by atoms with Gasteiger partial charge in [-0.2, -0.15) is 0 Å². The Morgan fingerprint density at radius 2 is 1.65 bits per heavy atom. The topological polar surface area (TPSA) is 78.7 Å². The van der Waals surface area contributed by atoms with Crippen LogP contribution in [0, 0.1) is 11.8 Å². The number of piperazine rings is 1. The van der Waals surface area contributed by atoms with Crippen LogP contribution in [0.2, 0.25) is 0 Å². The van der Waals surface area contributed by atoms with Gasteiger partial charge in [0.2, 0.25) is 11.8 Å². The van der Waals surface area contributed by atoms with Crippen molar-refractivity contribution < 1.29 is 9.59 Å². The molecule has 26 heavy (non-hydrogen) atoms. The third-order valence-electron chi connectivity index (χ3n) is 6.55. The Bertz CT molecular complexity index is 470. The van der Waals surface area contributed by atoms with Crippen LogP contribution < -0.4 is 11.1 Å². The van der Waals surface area contributed by atoms with Crippen molar-refractivity contribution in [2.45, 2.75) is 63.8 Å². The minimum absolute atomic E-state index is 0.137. The fourth-order valence-corrected chi connectivity index (χ4v) is 4.78. The first-order chi connectivity index (χ1) is 12.6. The Labute approximate surface area is 157 Å². The van der Waals surface area contributed by atoms with Crippen LogP contribution in [-0.2, 0) is 9.59 Å². The predicted octanol–water partition coefficient (Wildman–Crippen LogP) is 1.34. The van der Waals surface area contributed by atoms with Crippen molar-refractivity contribution in [3.63, 3.8) is 0 Å². The molecule has 0 aromatic rings. The predicted molar refractivity (Wildman–Crippen MR) is 103 cm³/mol. The second-order valence-electron chi connectivity index (χ2n) is 8.41. The van der Waals surface area contributed by atoms with E-state index in [9.17, 15) is 9.59 Å². The number of amides is 2. The van der Waals surface area contributed by atoms with Gasteiger partial charge in [0.15, 0.2) is 0 Å². The molecule has 2 atom stereocenters. The third-order valence-corrected chi connectivity index (χ3v) is 6.55. The maximum absolute atomic E-state index is 12.6. The molecule has 148 valence electrons. The number of carbonyl (C=O) groups is 2. The van der Waals surface area contributed by atoms with Gasteiger partial charge in [-0.05, 0) is 31.6 Å². The fraction of sp³-hybridized carbons (Fsp3) is 0.900. The smallest absolute Gasteiger partial charge is 0.225 e. The van der Waals surface area contributed by atoms with Crippen molar-refractivity contribution in [2.24, 2.45) is 17.6 Å².